The van der Waals surface area contributed by atoms with Crippen molar-refractivity contribution < 1.29 is 4.79 Å². The van der Waals surface area contributed by atoms with E-state index in [9.17, 15) is 4.79 Å². The zero-order valence-electron chi connectivity index (χ0n) is 10.3. The maximum absolute atomic E-state index is 11.8. The number of nitrogens with zero attached hydrogens (tertiary/aromatic N) is 2. The molecule has 1 aliphatic rings. The van der Waals surface area contributed by atoms with Crippen molar-refractivity contribution in [1.82, 2.24) is 20.4 Å². The predicted molar refractivity (Wildman–Crippen MR) is 65.8 cm³/mol. The highest BCUT2D eigenvalue weighted by molar-refractivity contribution is 5.92. The minimum absolute atomic E-state index is 0.0409. The van der Waals surface area contributed by atoms with Gasteiger partial charge >= 0.3 is 0 Å². The quantitative estimate of drug-likeness (QED) is 0.808. The monoisotopic (exact) mass is 236 g/mol. The lowest BCUT2D eigenvalue weighted by Gasteiger charge is -2.23. The summed E-state index contributed by atoms with van der Waals surface area (Å²) in [6.07, 6.45) is 6.44. The molecule has 17 heavy (non-hydrogen) atoms. The zero-order valence-corrected chi connectivity index (χ0v) is 10.3. The molecule has 1 aromatic heterocycles. The number of hydrogen-bond acceptors (Lipinski definition) is 3. The van der Waals surface area contributed by atoms with Gasteiger partial charge in [-0.1, -0.05) is 6.42 Å². The molecule has 5 nitrogen and oxygen atoms in total. The van der Waals surface area contributed by atoms with Gasteiger partial charge in [-0.25, -0.2) is 0 Å². The maximum Gasteiger partial charge on any atom is 0.269 e. The van der Waals surface area contributed by atoms with Gasteiger partial charge < -0.3 is 10.6 Å². The first-order chi connectivity index (χ1) is 8.27. The first-order valence-electron chi connectivity index (χ1n) is 6.27. The minimum atomic E-state index is -0.0409. The Balaban J connectivity index is 1.71. The third-order valence-corrected chi connectivity index (χ3v) is 3.24. The van der Waals surface area contributed by atoms with Crippen molar-refractivity contribution >= 4 is 5.91 Å². The van der Waals surface area contributed by atoms with Crippen molar-refractivity contribution in [1.29, 1.82) is 0 Å². The number of aromatic nitrogens is 2. The minimum Gasteiger partial charge on any atom is -0.351 e. The first-order valence-corrected chi connectivity index (χ1v) is 6.27. The third-order valence-electron chi connectivity index (χ3n) is 3.24. The molecule has 0 saturated carbocycles. The third kappa shape index (κ3) is 3.30. The second-order valence-electron chi connectivity index (χ2n) is 4.53. The summed E-state index contributed by atoms with van der Waals surface area (Å²) < 4.78 is 1.59. The Morgan fingerprint density at radius 1 is 1.65 bits per heavy atom. The summed E-state index contributed by atoms with van der Waals surface area (Å²) in [6, 6.07) is 2.30. The van der Waals surface area contributed by atoms with E-state index in [0.717, 1.165) is 19.5 Å². The van der Waals surface area contributed by atoms with E-state index in [-0.39, 0.29) is 5.91 Å². The average molecular weight is 236 g/mol. The summed E-state index contributed by atoms with van der Waals surface area (Å²) in [5.41, 5.74) is 0.613. The molecular formula is C12H20N4O. The summed E-state index contributed by atoms with van der Waals surface area (Å²) in [5.74, 6) is -0.0409. The van der Waals surface area contributed by atoms with Crippen LogP contribution < -0.4 is 10.6 Å². The molecule has 0 bridgehead atoms. The van der Waals surface area contributed by atoms with E-state index in [1.165, 1.54) is 19.3 Å². The largest absolute Gasteiger partial charge is 0.351 e. The van der Waals surface area contributed by atoms with Crippen LogP contribution in [0.1, 0.15) is 36.2 Å². The molecule has 1 fully saturated rings. The van der Waals surface area contributed by atoms with Gasteiger partial charge in [-0.05, 0) is 31.9 Å². The Morgan fingerprint density at radius 3 is 3.18 bits per heavy atom. The van der Waals surface area contributed by atoms with Gasteiger partial charge in [0.15, 0.2) is 0 Å². The Bertz CT molecular complexity index is 368. The molecule has 2 N–H and O–H groups in total. The van der Waals surface area contributed by atoms with Crippen molar-refractivity contribution in [2.24, 2.45) is 7.05 Å². The zero-order chi connectivity index (χ0) is 12.1. The number of carbonyl (C=O) groups is 1. The predicted octanol–water partition coefficient (Wildman–Crippen LogP) is 0.682. The molecule has 1 saturated heterocycles. The Kier molecular flexibility index (Phi) is 4.14. The van der Waals surface area contributed by atoms with Crippen molar-refractivity contribution in [2.75, 3.05) is 13.1 Å². The summed E-state index contributed by atoms with van der Waals surface area (Å²) in [4.78, 5) is 11.8. The summed E-state index contributed by atoms with van der Waals surface area (Å²) in [5, 5.41) is 10.4. The number of carbonyl (C=O) groups excluding carboxylic acids is 1. The molecule has 0 aromatic carbocycles. The van der Waals surface area contributed by atoms with Crippen LogP contribution in [0.5, 0.6) is 0 Å². The summed E-state index contributed by atoms with van der Waals surface area (Å²) in [6.45, 7) is 1.84. The number of hydrogen-bond donors (Lipinski definition) is 2. The first kappa shape index (κ1) is 12.1. The average Bonchev–Trinajstić information content (AvgIpc) is 2.77. The fraction of sp³-hybridized carbons (Fsp3) is 0.667. The summed E-state index contributed by atoms with van der Waals surface area (Å²) >= 11 is 0. The molecule has 1 aliphatic heterocycles. The van der Waals surface area contributed by atoms with Crippen LogP contribution in [-0.4, -0.2) is 34.8 Å². The highest BCUT2D eigenvalue weighted by Crippen LogP contribution is 2.09. The van der Waals surface area contributed by atoms with Crippen LogP contribution in [0.3, 0.4) is 0 Å². The lowest BCUT2D eigenvalue weighted by atomic mass is 10.0. The van der Waals surface area contributed by atoms with E-state index in [1.54, 1.807) is 24.0 Å². The van der Waals surface area contributed by atoms with Gasteiger partial charge in [0.05, 0.1) is 0 Å². The molecule has 2 heterocycles. The van der Waals surface area contributed by atoms with Crippen molar-refractivity contribution in [3.8, 4) is 0 Å². The molecule has 1 unspecified atom stereocenters. The van der Waals surface area contributed by atoms with Crippen LogP contribution in [0.4, 0.5) is 0 Å². The van der Waals surface area contributed by atoms with Crippen molar-refractivity contribution in [3.05, 3.63) is 18.0 Å². The maximum atomic E-state index is 11.8. The fourth-order valence-corrected chi connectivity index (χ4v) is 2.22. The van der Waals surface area contributed by atoms with Gasteiger partial charge in [-0.2, -0.15) is 5.10 Å². The van der Waals surface area contributed by atoms with Crippen LogP contribution in [0.15, 0.2) is 12.3 Å². The standard InChI is InChI=1S/C12H20N4O/c1-16-11(6-9-15-16)12(17)14-8-5-10-4-2-3-7-13-10/h6,9-10,13H,2-5,7-8H2,1H3,(H,14,17). The molecule has 1 aromatic rings. The van der Waals surface area contributed by atoms with E-state index < -0.39 is 0 Å². The van der Waals surface area contributed by atoms with Gasteiger partial charge in [0, 0.05) is 25.8 Å². The van der Waals surface area contributed by atoms with Crippen LogP contribution in [0, 0.1) is 0 Å². The molecule has 0 aliphatic carbocycles. The smallest absolute Gasteiger partial charge is 0.269 e. The van der Waals surface area contributed by atoms with Gasteiger partial charge in [0.25, 0.3) is 5.91 Å². The lowest BCUT2D eigenvalue weighted by Crippen LogP contribution is -2.37. The molecule has 94 valence electrons. The lowest BCUT2D eigenvalue weighted by molar-refractivity contribution is 0.0942. The van der Waals surface area contributed by atoms with Crippen LogP contribution >= 0.6 is 0 Å². The Labute approximate surface area is 102 Å². The molecule has 1 amide bonds. The molecule has 2 rings (SSSR count). The highest BCUT2D eigenvalue weighted by atomic mass is 16.2. The number of nitrogens with one attached hydrogen (secondary N) is 2. The topological polar surface area (TPSA) is 59.0 Å². The van der Waals surface area contributed by atoms with E-state index in [1.807, 2.05) is 0 Å². The number of rotatable bonds is 4. The van der Waals surface area contributed by atoms with E-state index in [0.29, 0.717) is 11.7 Å². The molecule has 0 spiro atoms. The van der Waals surface area contributed by atoms with E-state index in [4.69, 9.17) is 0 Å². The number of piperidine rings is 1. The Hall–Kier alpha value is -1.36. The van der Waals surface area contributed by atoms with Crippen molar-refractivity contribution in [3.63, 3.8) is 0 Å². The number of aryl methyl sites for hydroxylation is 1. The van der Waals surface area contributed by atoms with Gasteiger partial charge in [0.2, 0.25) is 0 Å². The molecule has 1 atom stereocenters. The van der Waals surface area contributed by atoms with Gasteiger partial charge in [-0.15, -0.1) is 0 Å². The SMILES string of the molecule is Cn1nccc1C(=O)NCCC1CCCCN1. The molecule has 0 radical (unpaired) electrons. The van der Waals surface area contributed by atoms with E-state index in [2.05, 4.69) is 15.7 Å². The summed E-state index contributed by atoms with van der Waals surface area (Å²) in [7, 11) is 1.78. The van der Waals surface area contributed by atoms with Gasteiger partial charge in [-0.3, -0.25) is 9.48 Å². The van der Waals surface area contributed by atoms with Gasteiger partial charge in [0.1, 0.15) is 5.69 Å². The second kappa shape index (κ2) is 5.82. The highest BCUT2D eigenvalue weighted by Gasteiger charge is 2.13. The number of amides is 1. The van der Waals surface area contributed by atoms with Crippen LogP contribution in [0.2, 0.25) is 0 Å². The van der Waals surface area contributed by atoms with Crippen LogP contribution in [-0.2, 0) is 7.05 Å². The molecular weight excluding hydrogens is 216 g/mol. The normalized spacial score (nSPS) is 20.2. The van der Waals surface area contributed by atoms with E-state index >= 15 is 0 Å². The fourth-order valence-electron chi connectivity index (χ4n) is 2.22. The molecule has 5 heteroatoms. The second-order valence-corrected chi connectivity index (χ2v) is 4.53. The van der Waals surface area contributed by atoms with Crippen LogP contribution in [0.25, 0.3) is 0 Å². The van der Waals surface area contributed by atoms with Crippen molar-refractivity contribution in [2.45, 2.75) is 31.7 Å². The Morgan fingerprint density at radius 2 is 2.53 bits per heavy atom.